The van der Waals surface area contributed by atoms with Gasteiger partial charge in [0.1, 0.15) is 12.4 Å². The van der Waals surface area contributed by atoms with E-state index in [0.29, 0.717) is 11.9 Å². The maximum absolute atomic E-state index is 9.34. The average Bonchev–Trinajstić information content (AvgIpc) is 2.72. The zero-order valence-electron chi connectivity index (χ0n) is 8.58. The van der Waals surface area contributed by atoms with Gasteiger partial charge in [-0.25, -0.2) is 0 Å². The number of aliphatic hydroxyl groups excluding tert-OH is 1. The second-order valence-electron chi connectivity index (χ2n) is 3.90. The Morgan fingerprint density at radius 2 is 2.13 bits per heavy atom. The predicted molar refractivity (Wildman–Crippen MR) is 63.8 cm³/mol. The Labute approximate surface area is 98.4 Å². The minimum Gasteiger partial charge on any atom is -0.491 e. The molecule has 0 aromatic heterocycles. The molecule has 2 nitrogen and oxygen atoms in total. The van der Waals surface area contributed by atoms with Gasteiger partial charge < -0.3 is 9.84 Å². The van der Waals surface area contributed by atoms with Gasteiger partial charge in [-0.3, -0.25) is 0 Å². The lowest BCUT2D eigenvalue weighted by molar-refractivity contribution is 0.127. The first-order chi connectivity index (χ1) is 7.29. The fourth-order valence-corrected chi connectivity index (χ4v) is 2.06. The van der Waals surface area contributed by atoms with Crippen LogP contribution >= 0.6 is 15.9 Å². The highest BCUT2D eigenvalue weighted by atomic mass is 79.9. The molecule has 0 fully saturated rings. The van der Waals surface area contributed by atoms with Crippen LogP contribution < -0.4 is 4.74 Å². The van der Waals surface area contributed by atoms with Crippen molar-refractivity contribution in [2.45, 2.75) is 25.4 Å². The van der Waals surface area contributed by atoms with Crippen LogP contribution in [0.4, 0.5) is 0 Å². The smallest absolute Gasteiger partial charge is 0.119 e. The molecule has 82 valence electrons. The van der Waals surface area contributed by atoms with Crippen molar-refractivity contribution < 1.29 is 9.84 Å². The lowest BCUT2D eigenvalue weighted by Gasteiger charge is -2.10. The molecule has 1 aromatic rings. The van der Waals surface area contributed by atoms with Gasteiger partial charge in [-0.05, 0) is 42.5 Å². The van der Waals surface area contributed by atoms with Gasteiger partial charge in [0.05, 0.1) is 6.10 Å². The number of ether oxygens (including phenoxy) is 1. The molecule has 1 N–H and O–H groups in total. The Balaban J connectivity index is 1.98. The molecule has 1 aliphatic rings. The van der Waals surface area contributed by atoms with Crippen LogP contribution in [0.25, 0.3) is 0 Å². The number of fused-ring (bicyclic) bond motifs is 1. The van der Waals surface area contributed by atoms with E-state index >= 15 is 0 Å². The van der Waals surface area contributed by atoms with E-state index in [4.69, 9.17) is 4.74 Å². The number of benzene rings is 1. The molecule has 1 aromatic carbocycles. The Morgan fingerprint density at radius 3 is 2.93 bits per heavy atom. The molecule has 0 aliphatic heterocycles. The van der Waals surface area contributed by atoms with E-state index in [2.05, 4.69) is 28.1 Å². The summed E-state index contributed by atoms with van der Waals surface area (Å²) in [5.74, 6) is 0.871. The fourth-order valence-electron chi connectivity index (χ4n) is 1.87. The van der Waals surface area contributed by atoms with E-state index in [-0.39, 0.29) is 0 Å². The van der Waals surface area contributed by atoms with E-state index in [1.165, 1.54) is 24.0 Å². The van der Waals surface area contributed by atoms with Crippen LogP contribution in [0.3, 0.4) is 0 Å². The summed E-state index contributed by atoms with van der Waals surface area (Å²) in [5, 5.41) is 9.89. The van der Waals surface area contributed by atoms with E-state index in [1.807, 2.05) is 6.07 Å². The van der Waals surface area contributed by atoms with Crippen molar-refractivity contribution in [2.75, 3.05) is 11.9 Å². The second-order valence-corrected chi connectivity index (χ2v) is 4.55. The highest BCUT2D eigenvalue weighted by Gasteiger charge is 2.11. The summed E-state index contributed by atoms with van der Waals surface area (Å²) >= 11 is 3.21. The van der Waals surface area contributed by atoms with Crippen LogP contribution in [0.15, 0.2) is 18.2 Å². The SMILES string of the molecule is OC(CBr)COc1ccc2c(c1)CCC2. The highest BCUT2D eigenvalue weighted by Crippen LogP contribution is 2.26. The normalized spacial score (nSPS) is 16.1. The first-order valence-electron chi connectivity index (χ1n) is 5.28. The van der Waals surface area contributed by atoms with Crippen molar-refractivity contribution >= 4 is 15.9 Å². The Hall–Kier alpha value is -0.540. The molecule has 3 heteroatoms. The molecule has 0 spiro atoms. The molecule has 2 rings (SSSR count). The number of aliphatic hydroxyl groups is 1. The van der Waals surface area contributed by atoms with Crippen LogP contribution in [0.1, 0.15) is 17.5 Å². The van der Waals surface area contributed by atoms with Crippen molar-refractivity contribution in [3.63, 3.8) is 0 Å². The molecule has 15 heavy (non-hydrogen) atoms. The quantitative estimate of drug-likeness (QED) is 0.851. The number of rotatable bonds is 4. The van der Waals surface area contributed by atoms with E-state index in [9.17, 15) is 5.11 Å². The number of alkyl halides is 1. The molecule has 0 bridgehead atoms. The van der Waals surface area contributed by atoms with Crippen LogP contribution in [0.5, 0.6) is 5.75 Å². The molecule has 1 atom stereocenters. The van der Waals surface area contributed by atoms with Crippen LogP contribution in [-0.2, 0) is 12.8 Å². The van der Waals surface area contributed by atoms with E-state index < -0.39 is 6.10 Å². The van der Waals surface area contributed by atoms with Gasteiger partial charge in [-0.15, -0.1) is 0 Å². The van der Waals surface area contributed by atoms with E-state index in [1.54, 1.807) is 0 Å². The van der Waals surface area contributed by atoms with Crippen molar-refractivity contribution in [3.8, 4) is 5.75 Å². The van der Waals surface area contributed by atoms with E-state index in [0.717, 1.165) is 12.2 Å². The summed E-state index contributed by atoms with van der Waals surface area (Å²) in [6.45, 7) is 0.351. The van der Waals surface area contributed by atoms with Crippen molar-refractivity contribution in [3.05, 3.63) is 29.3 Å². The second kappa shape index (κ2) is 4.99. The molecular weight excluding hydrogens is 256 g/mol. The summed E-state index contributed by atoms with van der Waals surface area (Å²) in [4.78, 5) is 0. The third kappa shape index (κ3) is 2.73. The molecule has 0 saturated heterocycles. The lowest BCUT2D eigenvalue weighted by Crippen LogP contribution is -2.18. The molecule has 0 heterocycles. The topological polar surface area (TPSA) is 29.5 Å². The van der Waals surface area contributed by atoms with Gasteiger partial charge >= 0.3 is 0 Å². The molecule has 1 aliphatic carbocycles. The number of hydrogen-bond acceptors (Lipinski definition) is 2. The summed E-state index contributed by atoms with van der Waals surface area (Å²) in [5.41, 5.74) is 2.85. The Morgan fingerprint density at radius 1 is 1.33 bits per heavy atom. The molecule has 1 unspecified atom stereocenters. The lowest BCUT2D eigenvalue weighted by atomic mass is 10.1. The number of hydrogen-bond donors (Lipinski definition) is 1. The Bertz CT molecular complexity index is 338. The fraction of sp³-hybridized carbons (Fsp3) is 0.500. The minimum atomic E-state index is -0.432. The van der Waals surface area contributed by atoms with Crippen molar-refractivity contribution in [1.29, 1.82) is 0 Å². The van der Waals surface area contributed by atoms with Crippen LogP contribution in [0, 0.1) is 0 Å². The summed E-state index contributed by atoms with van der Waals surface area (Å²) < 4.78 is 5.50. The number of aryl methyl sites for hydroxylation is 2. The summed E-state index contributed by atoms with van der Waals surface area (Å²) in [6.07, 6.45) is 3.17. The third-order valence-electron chi connectivity index (χ3n) is 2.69. The van der Waals surface area contributed by atoms with Gasteiger partial charge in [0.15, 0.2) is 0 Å². The summed E-state index contributed by atoms with van der Waals surface area (Å²) in [6, 6.07) is 6.23. The standard InChI is InChI=1S/C12H15BrO2/c13-7-11(14)8-15-12-5-4-9-2-1-3-10(9)6-12/h4-6,11,14H,1-3,7-8H2. The maximum atomic E-state index is 9.34. The van der Waals surface area contributed by atoms with Gasteiger partial charge in [0.2, 0.25) is 0 Å². The molecule has 0 saturated carbocycles. The van der Waals surface area contributed by atoms with Crippen LogP contribution in [0.2, 0.25) is 0 Å². The van der Waals surface area contributed by atoms with Crippen LogP contribution in [-0.4, -0.2) is 23.1 Å². The number of halogens is 1. The largest absolute Gasteiger partial charge is 0.491 e. The molecule has 0 amide bonds. The Kier molecular flexibility index (Phi) is 3.65. The minimum absolute atomic E-state index is 0.351. The highest BCUT2D eigenvalue weighted by molar-refractivity contribution is 9.09. The average molecular weight is 271 g/mol. The monoisotopic (exact) mass is 270 g/mol. The maximum Gasteiger partial charge on any atom is 0.119 e. The predicted octanol–water partition coefficient (Wildman–Crippen LogP) is 2.31. The van der Waals surface area contributed by atoms with Gasteiger partial charge in [-0.1, -0.05) is 22.0 Å². The zero-order chi connectivity index (χ0) is 10.7. The third-order valence-corrected chi connectivity index (χ3v) is 3.44. The van der Waals surface area contributed by atoms with Crippen molar-refractivity contribution in [2.24, 2.45) is 0 Å². The van der Waals surface area contributed by atoms with Gasteiger partial charge in [0, 0.05) is 5.33 Å². The summed E-state index contributed by atoms with van der Waals surface area (Å²) in [7, 11) is 0. The zero-order valence-corrected chi connectivity index (χ0v) is 10.2. The first kappa shape index (κ1) is 11.0. The molecule has 0 radical (unpaired) electrons. The van der Waals surface area contributed by atoms with Gasteiger partial charge in [-0.2, -0.15) is 0 Å². The van der Waals surface area contributed by atoms with Gasteiger partial charge in [0.25, 0.3) is 0 Å². The van der Waals surface area contributed by atoms with Crippen molar-refractivity contribution in [1.82, 2.24) is 0 Å². The molecular formula is C12H15BrO2. The first-order valence-corrected chi connectivity index (χ1v) is 6.40.